The molecule has 0 bridgehead atoms. The fraction of sp³-hybridized carbons (Fsp3) is 0.321. The van der Waals surface area contributed by atoms with Crippen LogP contribution in [-0.2, 0) is 27.8 Å². The monoisotopic (exact) mass is 812 g/mol. The zero-order valence-corrected chi connectivity index (χ0v) is 36.6. The number of hydrogen-bond donors (Lipinski definition) is 0. The minimum Gasteiger partial charge on any atom is -0.309 e. The standard InChI is InChI=1S/C53H53F5N2/c1-49(2,3)32-13-17-38-39-18-14-33(50(4,5)6)26-43(39)59(42(38)25-32)46-23-31(30-21-36(54)29-37(55)22-30)24-47(48(46)53(56,57)58)60-44-27-34(51(7,8)9)15-19-40(44)41-20-16-35(28-45(41)60)52(10,11)12/h13-29H,1-12H3. The fourth-order valence-electron chi connectivity index (χ4n) is 8.56. The SMILES string of the molecule is CC(C)(C)c1ccc2c3ccc(C(C)(C)C)cc3n(-c3cc(-c4cc(F)cc(F)c4)cc(-n4c5cc(C(C)(C)C)ccc5c5ccc(C(C)(C)C)cc54)c3C(F)(F)F)c2c1. The van der Waals surface area contributed by atoms with Crippen molar-refractivity contribution in [3.05, 3.63) is 143 Å². The average molecular weight is 813 g/mol. The minimum atomic E-state index is -4.89. The molecule has 0 unspecified atom stereocenters. The van der Waals surface area contributed by atoms with Crippen LogP contribution in [0.15, 0.2) is 103 Å². The molecule has 2 aromatic heterocycles. The molecule has 310 valence electrons. The average Bonchev–Trinajstić information content (AvgIpc) is 3.63. The van der Waals surface area contributed by atoms with Crippen molar-refractivity contribution in [1.29, 1.82) is 0 Å². The molecule has 0 N–H and O–H groups in total. The summed E-state index contributed by atoms with van der Waals surface area (Å²) in [5.41, 5.74) is 4.24. The molecule has 0 aliphatic carbocycles. The lowest BCUT2D eigenvalue weighted by molar-refractivity contribution is -0.137. The molecule has 8 aromatic rings. The third kappa shape index (κ3) is 7.08. The van der Waals surface area contributed by atoms with Gasteiger partial charge in [-0.25, -0.2) is 8.78 Å². The Hall–Kier alpha value is -5.43. The Balaban J connectivity index is 1.65. The molecule has 8 rings (SSSR count). The Morgan fingerprint density at radius 3 is 0.867 bits per heavy atom. The van der Waals surface area contributed by atoms with E-state index in [1.807, 2.05) is 72.8 Å². The molecule has 0 aliphatic rings. The molecule has 0 saturated heterocycles. The number of fused-ring (bicyclic) bond motifs is 6. The van der Waals surface area contributed by atoms with Crippen molar-refractivity contribution in [2.24, 2.45) is 0 Å². The maximum atomic E-state index is 16.7. The van der Waals surface area contributed by atoms with Gasteiger partial charge in [0.25, 0.3) is 0 Å². The van der Waals surface area contributed by atoms with Crippen LogP contribution in [0.25, 0.3) is 66.1 Å². The normalized spacial score (nSPS) is 13.4. The van der Waals surface area contributed by atoms with Gasteiger partial charge in [-0.05, 0) is 104 Å². The highest BCUT2D eigenvalue weighted by Gasteiger charge is 2.40. The molecule has 0 spiro atoms. The van der Waals surface area contributed by atoms with E-state index in [1.165, 1.54) is 24.3 Å². The van der Waals surface area contributed by atoms with Gasteiger partial charge in [0, 0.05) is 27.6 Å². The summed E-state index contributed by atoms with van der Waals surface area (Å²) in [7, 11) is 0. The van der Waals surface area contributed by atoms with Crippen LogP contribution in [0.4, 0.5) is 22.0 Å². The van der Waals surface area contributed by atoms with Gasteiger partial charge in [-0.15, -0.1) is 0 Å². The van der Waals surface area contributed by atoms with E-state index < -0.39 is 23.4 Å². The van der Waals surface area contributed by atoms with E-state index in [4.69, 9.17) is 0 Å². The van der Waals surface area contributed by atoms with Gasteiger partial charge in [0.05, 0.1) is 33.4 Å². The van der Waals surface area contributed by atoms with Crippen LogP contribution in [0.3, 0.4) is 0 Å². The summed E-state index contributed by atoms with van der Waals surface area (Å²) in [6, 6.07) is 30.2. The summed E-state index contributed by atoms with van der Waals surface area (Å²) in [6.45, 7) is 25.0. The molecule has 0 amide bonds. The first-order valence-corrected chi connectivity index (χ1v) is 20.6. The second-order valence-electron chi connectivity index (χ2n) is 20.6. The van der Waals surface area contributed by atoms with E-state index in [0.717, 1.165) is 49.9 Å². The Morgan fingerprint density at radius 1 is 0.350 bits per heavy atom. The highest BCUT2D eigenvalue weighted by atomic mass is 19.4. The summed E-state index contributed by atoms with van der Waals surface area (Å²) in [4.78, 5) is 0. The summed E-state index contributed by atoms with van der Waals surface area (Å²) >= 11 is 0. The zero-order valence-electron chi connectivity index (χ0n) is 36.6. The Labute approximate surface area is 349 Å². The van der Waals surface area contributed by atoms with E-state index >= 15 is 22.0 Å². The molecule has 0 radical (unpaired) electrons. The number of benzene rings is 6. The van der Waals surface area contributed by atoms with Crippen molar-refractivity contribution in [2.75, 3.05) is 0 Å². The summed E-state index contributed by atoms with van der Waals surface area (Å²) < 4.78 is 83.8. The Morgan fingerprint density at radius 2 is 0.617 bits per heavy atom. The number of aromatic nitrogens is 2. The van der Waals surface area contributed by atoms with E-state index in [-0.39, 0.29) is 44.2 Å². The summed E-state index contributed by atoms with van der Waals surface area (Å²) in [5.74, 6) is -1.65. The van der Waals surface area contributed by atoms with Gasteiger partial charge in [-0.3, -0.25) is 0 Å². The smallest absolute Gasteiger partial charge is 0.309 e. The third-order valence-electron chi connectivity index (χ3n) is 12.1. The largest absolute Gasteiger partial charge is 0.420 e. The van der Waals surface area contributed by atoms with Crippen LogP contribution in [-0.4, -0.2) is 9.13 Å². The van der Waals surface area contributed by atoms with Gasteiger partial charge in [-0.1, -0.05) is 132 Å². The van der Waals surface area contributed by atoms with Crippen LogP contribution in [0, 0.1) is 11.6 Å². The molecule has 0 aliphatic heterocycles. The zero-order chi connectivity index (χ0) is 43.6. The minimum absolute atomic E-state index is 0.127. The van der Waals surface area contributed by atoms with E-state index in [0.29, 0.717) is 22.1 Å². The maximum Gasteiger partial charge on any atom is 0.420 e. The summed E-state index contributed by atoms with van der Waals surface area (Å²) in [5, 5.41) is 3.21. The highest BCUT2D eigenvalue weighted by molar-refractivity contribution is 6.11. The number of halogens is 5. The predicted octanol–water partition coefficient (Wildman–Crippen LogP) is 16.0. The van der Waals surface area contributed by atoms with E-state index in [9.17, 15) is 0 Å². The number of alkyl halides is 3. The molecular weight excluding hydrogens is 760 g/mol. The fourth-order valence-corrected chi connectivity index (χ4v) is 8.56. The Kier molecular flexibility index (Phi) is 9.32. The van der Waals surface area contributed by atoms with Crippen LogP contribution < -0.4 is 0 Å². The highest BCUT2D eigenvalue weighted by Crippen LogP contribution is 2.48. The number of hydrogen-bond acceptors (Lipinski definition) is 0. The second kappa shape index (κ2) is 13.5. The Bertz CT molecular complexity index is 2680. The van der Waals surface area contributed by atoms with Gasteiger partial charge in [0.1, 0.15) is 17.2 Å². The maximum absolute atomic E-state index is 16.7. The van der Waals surface area contributed by atoms with Crippen molar-refractivity contribution in [1.82, 2.24) is 9.13 Å². The summed E-state index contributed by atoms with van der Waals surface area (Å²) in [6.07, 6.45) is -4.89. The lowest BCUT2D eigenvalue weighted by atomic mass is 9.86. The lowest BCUT2D eigenvalue weighted by Crippen LogP contribution is -2.17. The first kappa shape index (κ1) is 41.3. The van der Waals surface area contributed by atoms with Gasteiger partial charge in [0.2, 0.25) is 0 Å². The molecule has 2 nitrogen and oxygen atoms in total. The number of rotatable bonds is 3. The third-order valence-corrected chi connectivity index (χ3v) is 12.1. The topological polar surface area (TPSA) is 9.86 Å². The van der Waals surface area contributed by atoms with E-state index in [2.05, 4.69) is 83.1 Å². The molecule has 0 atom stereocenters. The first-order chi connectivity index (χ1) is 27.7. The van der Waals surface area contributed by atoms with Gasteiger partial charge in [-0.2, -0.15) is 13.2 Å². The van der Waals surface area contributed by atoms with Crippen molar-refractivity contribution in [3.8, 4) is 22.5 Å². The first-order valence-electron chi connectivity index (χ1n) is 20.6. The van der Waals surface area contributed by atoms with Crippen LogP contribution in [0.5, 0.6) is 0 Å². The van der Waals surface area contributed by atoms with Gasteiger partial charge < -0.3 is 9.13 Å². The predicted molar refractivity (Wildman–Crippen MR) is 240 cm³/mol. The molecule has 0 saturated carbocycles. The van der Waals surface area contributed by atoms with E-state index in [1.54, 1.807) is 9.13 Å². The van der Waals surface area contributed by atoms with Gasteiger partial charge in [0.15, 0.2) is 0 Å². The van der Waals surface area contributed by atoms with Crippen LogP contribution in [0.2, 0.25) is 0 Å². The van der Waals surface area contributed by atoms with Crippen LogP contribution >= 0.6 is 0 Å². The molecule has 60 heavy (non-hydrogen) atoms. The van der Waals surface area contributed by atoms with Gasteiger partial charge >= 0.3 is 6.18 Å². The van der Waals surface area contributed by atoms with Crippen molar-refractivity contribution in [3.63, 3.8) is 0 Å². The van der Waals surface area contributed by atoms with Crippen molar-refractivity contribution >= 4 is 43.6 Å². The molecular formula is C53H53F5N2. The van der Waals surface area contributed by atoms with Crippen molar-refractivity contribution in [2.45, 2.75) is 111 Å². The molecule has 2 heterocycles. The molecule has 6 aromatic carbocycles. The van der Waals surface area contributed by atoms with Crippen LogP contribution in [0.1, 0.15) is 111 Å². The quantitative estimate of drug-likeness (QED) is 0.157. The molecule has 7 heteroatoms. The number of nitrogens with zero attached hydrogens (tertiary/aromatic N) is 2. The lowest BCUT2D eigenvalue weighted by Gasteiger charge is -2.25. The second-order valence-corrected chi connectivity index (χ2v) is 20.6. The molecule has 0 fully saturated rings. The van der Waals surface area contributed by atoms with Crippen molar-refractivity contribution < 1.29 is 22.0 Å².